The van der Waals surface area contributed by atoms with E-state index >= 15 is 0 Å². The molecule has 130 valence electrons. The zero-order valence-electron chi connectivity index (χ0n) is 15.0. The fourth-order valence-electron chi connectivity index (χ4n) is 5.11. The van der Waals surface area contributed by atoms with Gasteiger partial charge < -0.3 is 0 Å². The van der Waals surface area contributed by atoms with Gasteiger partial charge in [0.25, 0.3) is 0 Å². The summed E-state index contributed by atoms with van der Waals surface area (Å²) in [6.45, 7) is 2.34. The molecule has 2 aliphatic rings. The van der Waals surface area contributed by atoms with Crippen LogP contribution in [0.3, 0.4) is 0 Å². The minimum atomic E-state index is -0.287. The minimum absolute atomic E-state index is 0.287. The molecule has 0 bridgehead atoms. The van der Waals surface area contributed by atoms with E-state index in [0.717, 1.165) is 17.8 Å². The van der Waals surface area contributed by atoms with Gasteiger partial charge in [0.05, 0.1) is 0 Å². The van der Waals surface area contributed by atoms with Crippen LogP contribution in [0, 0.1) is 17.8 Å². The predicted molar refractivity (Wildman–Crippen MR) is 107 cm³/mol. The van der Waals surface area contributed by atoms with Crippen LogP contribution in [0.1, 0.15) is 84.0 Å². The molecule has 1 aliphatic heterocycles. The molecule has 22 heavy (non-hydrogen) atoms. The van der Waals surface area contributed by atoms with Crippen LogP contribution in [0.4, 0.5) is 0 Å². The number of alkyl halides is 1. The monoisotopic (exact) mass is 386 g/mol. The Morgan fingerprint density at radius 2 is 1.50 bits per heavy atom. The molecular weight excluding hydrogens is 348 g/mol. The van der Waals surface area contributed by atoms with Crippen molar-refractivity contribution in [2.24, 2.45) is 17.8 Å². The van der Waals surface area contributed by atoms with Gasteiger partial charge in [0.1, 0.15) is 0 Å². The lowest BCUT2D eigenvalue weighted by atomic mass is 9.73. The SMILES string of the molecule is CCCCC[Si@H]1CC[C@H]([C@H]2CC[C@H](CCCCBr)CC2)CC1. The lowest BCUT2D eigenvalue weighted by molar-refractivity contribution is 0.184. The molecule has 2 heteroatoms. The van der Waals surface area contributed by atoms with E-state index in [9.17, 15) is 0 Å². The molecule has 0 atom stereocenters. The fourth-order valence-corrected chi connectivity index (χ4v) is 9.03. The molecule has 0 unspecified atom stereocenters. The first-order chi connectivity index (χ1) is 10.8. The van der Waals surface area contributed by atoms with Gasteiger partial charge >= 0.3 is 0 Å². The summed E-state index contributed by atoms with van der Waals surface area (Å²) in [6, 6.07) is 5.06. The Morgan fingerprint density at radius 1 is 0.818 bits per heavy atom. The maximum Gasteiger partial charge on any atom is 0.0368 e. The van der Waals surface area contributed by atoms with Crippen LogP contribution >= 0.6 is 15.9 Å². The van der Waals surface area contributed by atoms with E-state index in [1.54, 1.807) is 63.1 Å². The second kappa shape index (κ2) is 11.3. The van der Waals surface area contributed by atoms with E-state index in [2.05, 4.69) is 22.9 Å². The highest BCUT2D eigenvalue weighted by molar-refractivity contribution is 9.09. The van der Waals surface area contributed by atoms with Crippen LogP contribution in [0.15, 0.2) is 0 Å². The summed E-state index contributed by atoms with van der Waals surface area (Å²) in [5, 5.41) is 1.20. The van der Waals surface area contributed by atoms with Crippen molar-refractivity contribution in [3.8, 4) is 0 Å². The first kappa shape index (κ1) is 19.0. The lowest BCUT2D eigenvalue weighted by Gasteiger charge is -2.37. The first-order valence-electron chi connectivity index (χ1n) is 10.4. The zero-order chi connectivity index (χ0) is 15.6. The summed E-state index contributed by atoms with van der Waals surface area (Å²) >= 11 is 3.56. The average Bonchev–Trinajstić information content (AvgIpc) is 2.57. The predicted octanol–water partition coefficient (Wildman–Crippen LogP) is 7.19. The van der Waals surface area contributed by atoms with Crippen molar-refractivity contribution in [1.82, 2.24) is 0 Å². The van der Waals surface area contributed by atoms with Crippen molar-refractivity contribution in [1.29, 1.82) is 0 Å². The third-order valence-corrected chi connectivity index (χ3v) is 10.7. The maximum atomic E-state index is 3.56. The summed E-state index contributed by atoms with van der Waals surface area (Å²) in [6.07, 6.45) is 18.3. The highest BCUT2D eigenvalue weighted by Crippen LogP contribution is 2.42. The molecule has 1 saturated heterocycles. The summed E-state index contributed by atoms with van der Waals surface area (Å²) in [5.74, 6) is 3.34. The van der Waals surface area contributed by atoms with Crippen LogP contribution < -0.4 is 0 Å². The Hall–Kier alpha value is 0.697. The molecule has 2 fully saturated rings. The van der Waals surface area contributed by atoms with Crippen molar-refractivity contribution in [2.75, 3.05) is 5.33 Å². The van der Waals surface area contributed by atoms with E-state index < -0.39 is 0 Å². The Kier molecular flexibility index (Phi) is 9.76. The van der Waals surface area contributed by atoms with Crippen molar-refractivity contribution in [3.63, 3.8) is 0 Å². The molecule has 0 aromatic rings. The number of halogens is 1. The number of unbranched alkanes of at least 4 members (excludes halogenated alkanes) is 3. The number of hydrogen-bond acceptors (Lipinski definition) is 0. The van der Waals surface area contributed by atoms with Gasteiger partial charge in [-0.1, -0.05) is 98.8 Å². The average molecular weight is 388 g/mol. The first-order valence-corrected chi connectivity index (χ1v) is 14.0. The minimum Gasteiger partial charge on any atom is -0.0928 e. The molecule has 1 saturated carbocycles. The topological polar surface area (TPSA) is 0 Å². The highest BCUT2D eigenvalue weighted by Gasteiger charge is 2.30. The van der Waals surface area contributed by atoms with Crippen molar-refractivity contribution in [3.05, 3.63) is 0 Å². The van der Waals surface area contributed by atoms with Crippen molar-refractivity contribution in [2.45, 2.75) is 102 Å². The smallest absolute Gasteiger partial charge is 0.0368 e. The Morgan fingerprint density at radius 3 is 2.14 bits per heavy atom. The summed E-state index contributed by atoms with van der Waals surface area (Å²) in [5.41, 5.74) is 0. The molecule has 0 aromatic heterocycles. The van der Waals surface area contributed by atoms with E-state index in [1.165, 1.54) is 37.4 Å². The normalized spacial score (nSPS) is 33.0. The Balaban J connectivity index is 1.58. The summed E-state index contributed by atoms with van der Waals surface area (Å²) < 4.78 is 0. The summed E-state index contributed by atoms with van der Waals surface area (Å²) in [7, 11) is -0.287. The van der Waals surface area contributed by atoms with Gasteiger partial charge in [-0.25, -0.2) is 0 Å². The molecule has 0 spiro atoms. The Bertz CT molecular complexity index is 237. The van der Waals surface area contributed by atoms with Crippen molar-refractivity contribution >= 4 is 24.7 Å². The third-order valence-electron chi connectivity index (χ3n) is 6.66. The van der Waals surface area contributed by atoms with Gasteiger partial charge in [-0.3, -0.25) is 0 Å². The number of rotatable bonds is 9. The van der Waals surface area contributed by atoms with Gasteiger partial charge in [-0.05, 0) is 37.0 Å². The molecule has 0 radical (unpaired) electrons. The Labute approximate surface area is 150 Å². The maximum absolute atomic E-state index is 3.56. The molecule has 0 amide bonds. The fraction of sp³-hybridized carbons (Fsp3) is 1.00. The van der Waals surface area contributed by atoms with E-state index in [0.29, 0.717) is 0 Å². The van der Waals surface area contributed by atoms with Gasteiger partial charge in [0, 0.05) is 14.1 Å². The van der Waals surface area contributed by atoms with Crippen LogP contribution in [0.25, 0.3) is 0 Å². The third kappa shape index (κ3) is 6.67. The van der Waals surface area contributed by atoms with Gasteiger partial charge in [-0.15, -0.1) is 0 Å². The molecule has 0 nitrogen and oxygen atoms in total. The molecule has 2 rings (SSSR count). The quantitative estimate of drug-likeness (QED) is 0.223. The zero-order valence-corrected chi connectivity index (χ0v) is 17.7. The second-order valence-electron chi connectivity index (χ2n) is 8.24. The van der Waals surface area contributed by atoms with E-state index in [-0.39, 0.29) is 8.80 Å². The standard InChI is InChI=1S/C20H39BrSi/c1-2-3-6-15-22-16-12-20(13-17-22)19-10-8-18(9-11-19)7-4-5-14-21/h18-20,22H,2-17H2,1H3/t18-,19-,20-,22-. The van der Waals surface area contributed by atoms with Crippen LogP contribution in [0.2, 0.25) is 18.1 Å². The molecule has 0 N–H and O–H groups in total. The molecule has 0 aromatic carbocycles. The van der Waals surface area contributed by atoms with E-state index in [1.807, 2.05) is 0 Å². The van der Waals surface area contributed by atoms with Crippen molar-refractivity contribution < 1.29 is 0 Å². The van der Waals surface area contributed by atoms with Crippen LogP contribution in [-0.2, 0) is 0 Å². The molecular formula is C20H39BrSi. The molecule has 1 heterocycles. The summed E-state index contributed by atoms with van der Waals surface area (Å²) in [4.78, 5) is 0. The molecule has 1 aliphatic carbocycles. The van der Waals surface area contributed by atoms with Gasteiger partial charge in [0.2, 0.25) is 0 Å². The van der Waals surface area contributed by atoms with Gasteiger partial charge in [0.15, 0.2) is 0 Å². The van der Waals surface area contributed by atoms with Gasteiger partial charge in [-0.2, -0.15) is 0 Å². The second-order valence-corrected chi connectivity index (χ2v) is 12.5. The van der Waals surface area contributed by atoms with E-state index in [4.69, 9.17) is 0 Å². The highest BCUT2D eigenvalue weighted by atomic mass is 79.9. The van der Waals surface area contributed by atoms with Crippen LogP contribution in [-0.4, -0.2) is 14.1 Å². The number of hydrogen-bond donors (Lipinski definition) is 0. The van der Waals surface area contributed by atoms with Crippen LogP contribution in [0.5, 0.6) is 0 Å². The lowest BCUT2D eigenvalue weighted by Crippen LogP contribution is -2.28. The largest absolute Gasteiger partial charge is 0.0928 e.